The lowest BCUT2D eigenvalue weighted by Crippen LogP contribution is -2.27. The molecule has 0 bridgehead atoms. The monoisotopic (exact) mass is 240 g/mol. The number of pyridine rings is 1. The second kappa shape index (κ2) is 5.96. The van der Waals surface area contributed by atoms with Crippen LogP contribution in [0.5, 0.6) is 0 Å². The highest BCUT2D eigenvalue weighted by Gasteiger charge is 2.10. The van der Waals surface area contributed by atoms with Gasteiger partial charge in [-0.1, -0.05) is 36.4 Å². The van der Waals surface area contributed by atoms with Gasteiger partial charge in [0.1, 0.15) is 0 Å². The van der Waals surface area contributed by atoms with Crippen LogP contribution in [0, 0.1) is 0 Å². The molecule has 2 aromatic rings. The van der Waals surface area contributed by atoms with Gasteiger partial charge in [0.05, 0.1) is 6.42 Å². The third-order valence-corrected chi connectivity index (χ3v) is 2.75. The lowest BCUT2D eigenvalue weighted by molar-refractivity contribution is -0.129. The summed E-state index contributed by atoms with van der Waals surface area (Å²) in [4.78, 5) is 17.9. The third kappa shape index (κ3) is 3.42. The molecule has 1 heterocycles. The van der Waals surface area contributed by atoms with Gasteiger partial charge in [-0.25, -0.2) is 0 Å². The Hall–Kier alpha value is -2.16. The van der Waals surface area contributed by atoms with Crippen LogP contribution in [-0.2, 0) is 17.8 Å². The van der Waals surface area contributed by atoms with Gasteiger partial charge in [-0.05, 0) is 17.7 Å². The molecule has 0 fully saturated rings. The quantitative estimate of drug-likeness (QED) is 0.821. The standard InChI is InChI=1S/C15H16N2O/c1-17(12-13-7-3-2-4-8-13)15(18)11-14-9-5-6-10-16-14/h2-10H,11-12H2,1H3. The molecule has 1 aromatic heterocycles. The molecular formula is C15H16N2O. The Morgan fingerprint density at radius 1 is 1.11 bits per heavy atom. The van der Waals surface area contributed by atoms with Gasteiger partial charge >= 0.3 is 0 Å². The number of benzene rings is 1. The molecule has 18 heavy (non-hydrogen) atoms. The van der Waals surface area contributed by atoms with E-state index in [1.807, 2.05) is 55.6 Å². The molecule has 1 amide bonds. The lowest BCUT2D eigenvalue weighted by atomic mass is 10.2. The topological polar surface area (TPSA) is 33.2 Å². The summed E-state index contributed by atoms with van der Waals surface area (Å²) in [5.41, 5.74) is 1.94. The fourth-order valence-corrected chi connectivity index (χ4v) is 1.74. The van der Waals surface area contributed by atoms with Crippen molar-refractivity contribution in [1.82, 2.24) is 9.88 Å². The second-order valence-electron chi connectivity index (χ2n) is 4.23. The molecule has 0 atom stereocenters. The molecule has 3 nitrogen and oxygen atoms in total. The first-order valence-electron chi connectivity index (χ1n) is 5.93. The van der Waals surface area contributed by atoms with Crippen LogP contribution < -0.4 is 0 Å². The first-order valence-corrected chi connectivity index (χ1v) is 5.93. The first kappa shape index (κ1) is 12.3. The van der Waals surface area contributed by atoms with E-state index in [1.54, 1.807) is 11.1 Å². The third-order valence-electron chi connectivity index (χ3n) is 2.75. The number of nitrogens with zero attached hydrogens (tertiary/aromatic N) is 2. The van der Waals surface area contributed by atoms with Crippen LogP contribution in [0.2, 0.25) is 0 Å². The summed E-state index contributed by atoms with van der Waals surface area (Å²) in [5, 5.41) is 0. The molecule has 2 rings (SSSR count). The van der Waals surface area contributed by atoms with Crippen molar-refractivity contribution in [3.8, 4) is 0 Å². The van der Waals surface area contributed by atoms with Gasteiger partial charge in [-0.15, -0.1) is 0 Å². The first-order chi connectivity index (χ1) is 8.75. The van der Waals surface area contributed by atoms with Gasteiger partial charge < -0.3 is 4.90 Å². The Labute approximate surface area is 107 Å². The summed E-state index contributed by atoms with van der Waals surface area (Å²) >= 11 is 0. The average Bonchev–Trinajstić information content (AvgIpc) is 2.41. The number of carbonyl (C=O) groups excluding carboxylic acids is 1. The summed E-state index contributed by atoms with van der Waals surface area (Å²) < 4.78 is 0. The van der Waals surface area contributed by atoms with Crippen molar-refractivity contribution in [2.75, 3.05) is 7.05 Å². The maximum absolute atomic E-state index is 12.0. The van der Waals surface area contributed by atoms with Crippen molar-refractivity contribution in [3.63, 3.8) is 0 Å². The summed E-state index contributed by atoms with van der Waals surface area (Å²) in [5.74, 6) is 0.0811. The fourth-order valence-electron chi connectivity index (χ4n) is 1.74. The SMILES string of the molecule is CN(Cc1ccccc1)C(=O)Cc1ccccn1. The normalized spacial score (nSPS) is 10.1. The van der Waals surface area contributed by atoms with Crippen molar-refractivity contribution in [1.29, 1.82) is 0 Å². The molecule has 0 saturated carbocycles. The van der Waals surface area contributed by atoms with Crippen molar-refractivity contribution in [2.45, 2.75) is 13.0 Å². The molecule has 0 aliphatic heterocycles. The van der Waals surface area contributed by atoms with Gasteiger partial charge in [-0.2, -0.15) is 0 Å². The van der Waals surface area contributed by atoms with Crippen LogP contribution in [0.1, 0.15) is 11.3 Å². The molecule has 0 radical (unpaired) electrons. The van der Waals surface area contributed by atoms with Crippen LogP contribution in [-0.4, -0.2) is 22.8 Å². The van der Waals surface area contributed by atoms with Crippen molar-refractivity contribution < 1.29 is 4.79 Å². The molecule has 0 aliphatic carbocycles. The van der Waals surface area contributed by atoms with E-state index in [4.69, 9.17) is 0 Å². The minimum Gasteiger partial charge on any atom is -0.341 e. The number of likely N-dealkylation sites (N-methyl/N-ethyl adjacent to an activating group) is 1. The molecular weight excluding hydrogens is 224 g/mol. The zero-order valence-corrected chi connectivity index (χ0v) is 10.4. The van der Waals surface area contributed by atoms with E-state index in [9.17, 15) is 4.79 Å². The number of amides is 1. The highest BCUT2D eigenvalue weighted by atomic mass is 16.2. The molecule has 0 N–H and O–H groups in total. The van der Waals surface area contributed by atoms with Gasteiger partial charge in [0.25, 0.3) is 0 Å². The molecule has 3 heteroatoms. The highest BCUT2D eigenvalue weighted by molar-refractivity contribution is 5.78. The zero-order valence-electron chi connectivity index (χ0n) is 10.4. The highest BCUT2D eigenvalue weighted by Crippen LogP contribution is 2.05. The van der Waals surface area contributed by atoms with Crippen LogP contribution in [0.3, 0.4) is 0 Å². The minimum atomic E-state index is 0.0811. The maximum Gasteiger partial charge on any atom is 0.228 e. The van der Waals surface area contributed by atoms with Crippen LogP contribution >= 0.6 is 0 Å². The van der Waals surface area contributed by atoms with E-state index in [0.717, 1.165) is 11.3 Å². The number of hydrogen-bond acceptors (Lipinski definition) is 2. The molecule has 0 spiro atoms. The summed E-state index contributed by atoms with van der Waals surface area (Å²) in [7, 11) is 1.82. The molecule has 1 aromatic carbocycles. The summed E-state index contributed by atoms with van der Waals surface area (Å²) in [6.45, 7) is 0.631. The van der Waals surface area contributed by atoms with Gasteiger partial charge in [0.15, 0.2) is 0 Å². The fraction of sp³-hybridized carbons (Fsp3) is 0.200. The Bertz CT molecular complexity index is 496. The average molecular weight is 240 g/mol. The summed E-state index contributed by atoms with van der Waals surface area (Å²) in [6, 6.07) is 15.6. The minimum absolute atomic E-state index is 0.0811. The van der Waals surface area contributed by atoms with E-state index < -0.39 is 0 Å². The van der Waals surface area contributed by atoms with Crippen molar-refractivity contribution in [2.24, 2.45) is 0 Å². The molecule has 0 aliphatic rings. The van der Waals surface area contributed by atoms with Gasteiger partial charge in [-0.3, -0.25) is 9.78 Å². The Kier molecular flexibility index (Phi) is 4.07. The largest absolute Gasteiger partial charge is 0.341 e. The number of carbonyl (C=O) groups is 1. The van der Waals surface area contributed by atoms with Crippen LogP contribution in [0.4, 0.5) is 0 Å². The van der Waals surface area contributed by atoms with E-state index in [0.29, 0.717) is 13.0 Å². The van der Waals surface area contributed by atoms with E-state index in [1.165, 1.54) is 0 Å². The van der Waals surface area contributed by atoms with E-state index in [-0.39, 0.29) is 5.91 Å². The smallest absolute Gasteiger partial charge is 0.228 e. The number of aromatic nitrogens is 1. The molecule has 0 saturated heterocycles. The van der Waals surface area contributed by atoms with E-state index >= 15 is 0 Å². The van der Waals surface area contributed by atoms with Gasteiger partial charge in [0, 0.05) is 25.5 Å². The van der Waals surface area contributed by atoms with Crippen molar-refractivity contribution in [3.05, 3.63) is 66.0 Å². The lowest BCUT2D eigenvalue weighted by Gasteiger charge is -2.17. The molecule has 0 unspecified atom stereocenters. The zero-order chi connectivity index (χ0) is 12.8. The Balaban J connectivity index is 1.93. The predicted octanol–water partition coefficient (Wildman–Crippen LogP) is 2.28. The number of rotatable bonds is 4. The van der Waals surface area contributed by atoms with Crippen LogP contribution in [0.25, 0.3) is 0 Å². The predicted molar refractivity (Wildman–Crippen MR) is 70.9 cm³/mol. The number of hydrogen-bond donors (Lipinski definition) is 0. The van der Waals surface area contributed by atoms with Crippen LogP contribution in [0.15, 0.2) is 54.7 Å². The summed E-state index contributed by atoms with van der Waals surface area (Å²) in [6.07, 6.45) is 2.06. The maximum atomic E-state index is 12.0. The van der Waals surface area contributed by atoms with E-state index in [2.05, 4.69) is 4.98 Å². The second-order valence-corrected chi connectivity index (χ2v) is 4.23. The molecule has 92 valence electrons. The van der Waals surface area contributed by atoms with Gasteiger partial charge in [0.2, 0.25) is 5.91 Å². The Morgan fingerprint density at radius 3 is 2.50 bits per heavy atom. The Morgan fingerprint density at radius 2 is 1.83 bits per heavy atom. The van der Waals surface area contributed by atoms with Crippen molar-refractivity contribution >= 4 is 5.91 Å².